The molecule has 0 atom stereocenters. The second kappa shape index (κ2) is 12.6. The normalized spacial score (nSPS) is 7.88. The van der Waals surface area contributed by atoms with Gasteiger partial charge in [0.1, 0.15) is 0 Å². The van der Waals surface area contributed by atoms with Gasteiger partial charge >= 0.3 is 0 Å². The molecule has 3 nitrogen and oxygen atoms in total. The van der Waals surface area contributed by atoms with Crippen LogP contribution in [-0.4, -0.2) is 13.0 Å². The van der Waals surface area contributed by atoms with Crippen molar-refractivity contribution in [3.8, 4) is 0 Å². The number of rotatable bonds is 3. The number of hydrogen-bond acceptors (Lipinski definition) is 2. The summed E-state index contributed by atoms with van der Waals surface area (Å²) in [5, 5.41) is 5.79. The van der Waals surface area contributed by atoms with E-state index in [0.717, 1.165) is 11.4 Å². The molecule has 0 fully saturated rings. The molecular weight excluding hydrogens is 212 g/mol. The van der Waals surface area contributed by atoms with Crippen molar-refractivity contribution in [2.75, 3.05) is 17.7 Å². The molecule has 2 N–H and O–H groups in total. The maximum Gasteiger partial charge on any atom is 0.224 e. The van der Waals surface area contributed by atoms with Crippen LogP contribution in [0.2, 0.25) is 0 Å². The minimum Gasteiger partial charge on any atom is -0.388 e. The minimum atomic E-state index is 0.0354. The molecule has 1 amide bonds. The lowest BCUT2D eigenvalue weighted by atomic mass is 10.2. The van der Waals surface area contributed by atoms with Gasteiger partial charge in [0.2, 0.25) is 5.91 Å². The summed E-state index contributed by atoms with van der Waals surface area (Å²) in [4.78, 5) is 11.0. The number of benzene rings is 1. The Morgan fingerprint density at radius 1 is 1.12 bits per heavy atom. The van der Waals surface area contributed by atoms with Crippen LogP contribution >= 0.6 is 0 Å². The maximum absolute atomic E-state index is 11.0. The highest BCUT2D eigenvalue weighted by atomic mass is 16.1. The Kier molecular flexibility index (Phi) is 13.2. The van der Waals surface area contributed by atoms with Crippen LogP contribution in [0.1, 0.15) is 41.0 Å². The van der Waals surface area contributed by atoms with Crippen molar-refractivity contribution in [1.82, 2.24) is 0 Å². The third-order valence-corrected chi connectivity index (χ3v) is 1.76. The van der Waals surface area contributed by atoms with Gasteiger partial charge in [-0.1, -0.05) is 40.7 Å². The molecule has 0 spiro atoms. The van der Waals surface area contributed by atoms with Crippen molar-refractivity contribution < 1.29 is 4.79 Å². The fourth-order valence-corrected chi connectivity index (χ4v) is 1.00. The smallest absolute Gasteiger partial charge is 0.224 e. The van der Waals surface area contributed by atoms with Crippen LogP contribution in [0.25, 0.3) is 0 Å². The average molecular weight is 238 g/mol. The molecule has 0 unspecified atom stereocenters. The van der Waals surface area contributed by atoms with E-state index in [2.05, 4.69) is 10.6 Å². The largest absolute Gasteiger partial charge is 0.388 e. The molecule has 3 heteroatoms. The highest BCUT2D eigenvalue weighted by molar-refractivity contribution is 5.90. The third kappa shape index (κ3) is 8.31. The molecule has 0 aliphatic heterocycles. The van der Waals surface area contributed by atoms with Crippen LogP contribution in [0.5, 0.6) is 0 Å². The fraction of sp³-hybridized carbons (Fsp3) is 0.500. The standard InChI is InChI=1S/C10H14N2O.2C2H6/c1-3-10(13)12-9-6-4-5-8(7-9)11-2;2*1-2/h4-7,11H,3H2,1-2H3,(H,12,13);2*1-2H3. The van der Waals surface area contributed by atoms with E-state index in [1.807, 2.05) is 65.9 Å². The molecule has 0 heterocycles. The predicted octanol–water partition coefficient (Wildman–Crippen LogP) is 4.13. The number of nitrogens with one attached hydrogen (secondary N) is 2. The Morgan fingerprint density at radius 3 is 2.12 bits per heavy atom. The van der Waals surface area contributed by atoms with Crippen molar-refractivity contribution in [3.63, 3.8) is 0 Å². The summed E-state index contributed by atoms with van der Waals surface area (Å²) in [6.45, 7) is 9.83. The highest BCUT2D eigenvalue weighted by Gasteiger charge is 1.98. The van der Waals surface area contributed by atoms with E-state index in [1.165, 1.54) is 0 Å². The van der Waals surface area contributed by atoms with Crippen LogP contribution < -0.4 is 10.6 Å². The van der Waals surface area contributed by atoms with Gasteiger partial charge in [0.25, 0.3) is 0 Å². The number of amides is 1. The van der Waals surface area contributed by atoms with Gasteiger partial charge < -0.3 is 10.6 Å². The summed E-state index contributed by atoms with van der Waals surface area (Å²) < 4.78 is 0. The predicted molar refractivity (Wildman–Crippen MR) is 77.6 cm³/mol. The van der Waals surface area contributed by atoms with E-state index < -0.39 is 0 Å². The summed E-state index contributed by atoms with van der Waals surface area (Å²) in [6, 6.07) is 7.61. The zero-order valence-electron chi connectivity index (χ0n) is 11.9. The first-order valence-corrected chi connectivity index (χ1v) is 6.34. The molecule has 0 bridgehead atoms. The third-order valence-electron chi connectivity index (χ3n) is 1.76. The molecular formula is C14H26N2O. The average Bonchev–Trinajstić information content (AvgIpc) is 2.43. The van der Waals surface area contributed by atoms with Crippen molar-refractivity contribution in [2.45, 2.75) is 41.0 Å². The summed E-state index contributed by atoms with van der Waals surface area (Å²) in [6.07, 6.45) is 0.504. The fourth-order valence-electron chi connectivity index (χ4n) is 1.00. The molecule has 0 aromatic heterocycles. The molecule has 98 valence electrons. The Hall–Kier alpha value is -1.51. The lowest BCUT2D eigenvalue weighted by molar-refractivity contribution is -0.115. The van der Waals surface area contributed by atoms with Crippen molar-refractivity contribution in [1.29, 1.82) is 0 Å². The van der Waals surface area contributed by atoms with Gasteiger partial charge in [0, 0.05) is 24.8 Å². The van der Waals surface area contributed by atoms with Crippen LogP contribution in [0, 0.1) is 0 Å². The summed E-state index contributed by atoms with van der Waals surface area (Å²) in [5.74, 6) is 0.0354. The van der Waals surface area contributed by atoms with Gasteiger partial charge in [-0.15, -0.1) is 0 Å². The highest BCUT2D eigenvalue weighted by Crippen LogP contribution is 2.14. The molecule has 0 saturated heterocycles. The van der Waals surface area contributed by atoms with E-state index in [1.54, 1.807) is 0 Å². The molecule has 1 aromatic carbocycles. The Morgan fingerprint density at radius 2 is 1.65 bits per heavy atom. The van der Waals surface area contributed by atoms with Crippen molar-refractivity contribution in [3.05, 3.63) is 24.3 Å². The number of anilines is 2. The lowest BCUT2D eigenvalue weighted by Gasteiger charge is -2.05. The first-order chi connectivity index (χ1) is 8.26. The molecule has 0 saturated carbocycles. The lowest BCUT2D eigenvalue weighted by Crippen LogP contribution is -2.09. The second-order valence-corrected chi connectivity index (χ2v) is 2.73. The maximum atomic E-state index is 11.0. The molecule has 1 aromatic rings. The first-order valence-electron chi connectivity index (χ1n) is 6.34. The molecule has 1 rings (SSSR count). The van der Waals surface area contributed by atoms with E-state index in [9.17, 15) is 4.79 Å². The van der Waals surface area contributed by atoms with Gasteiger partial charge in [0.15, 0.2) is 0 Å². The molecule has 0 radical (unpaired) electrons. The quantitative estimate of drug-likeness (QED) is 0.831. The number of hydrogen-bond donors (Lipinski definition) is 2. The van der Waals surface area contributed by atoms with Crippen molar-refractivity contribution >= 4 is 17.3 Å². The minimum absolute atomic E-state index is 0.0354. The number of carbonyl (C=O) groups excluding carboxylic acids is 1. The van der Waals surface area contributed by atoms with Gasteiger partial charge in [-0.2, -0.15) is 0 Å². The Balaban J connectivity index is 0. The van der Waals surface area contributed by atoms with Crippen molar-refractivity contribution in [2.24, 2.45) is 0 Å². The summed E-state index contributed by atoms with van der Waals surface area (Å²) >= 11 is 0. The zero-order chi connectivity index (χ0) is 13.7. The molecule has 0 aliphatic rings. The Labute approximate surface area is 106 Å². The Bertz CT molecular complexity index is 298. The van der Waals surface area contributed by atoms with E-state index in [0.29, 0.717) is 6.42 Å². The first kappa shape index (κ1) is 17.9. The SMILES string of the molecule is CC.CC.CCC(=O)Nc1cccc(NC)c1. The van der Waals surface area contributed by atoms with Gasteiger partial charge in [-0.05, 0) is 18.2 Å². The molecule has 0 aliphatic carbocycles. The van der Waals surface area contributed by atoms with Crippen LogP contribution in [-0.2, 0) is 4.79 Å². The monoisotopic (exact) mass is 238 g/mol. The van der Waals surface area contributed by atoms with Gasteiger partial charge in [0.05, 0.1) is 0 Å². The zero-order valence-corrected chi connectivity index (χ0v) is 11.9. The van der Waals surface area contributed by atoms with Crippen LogP contribution in [0.3, 0.4) is 0 Å². The van der Waals surface area contributed by atoms with Crippen LogP contribution in [0.15, 0.2) is 24.3 Å². The topological polar surface area (TPSA) is 41.1 Å². The summed E-state index contributed by atoms with van der Waals surface area (Å²) in [5.41, 5.74) is 1.83. The van der Waals surface area contributed by atoms with Gasteiger partial charge in [-0.25, -0.2) is 0 Å². The van der Waals surface area contributed by atoms with Crippen LogP contribution in [0.4, 0.5) is 11.4 Å². The van der Waals surface area contributed by atoms with E-state index in [-0.39, 0.29) is 5.91 Å². The van der Waals surface area contributed by atoms with Gasteiger partial charge in [-0.3, -0.25) is 4.79 Å². The van der Waals surface area contributed by atoms with E-state index >= 15 is 0 Å². The number of carbonyl (C=O) groups is 1. The molecule has 17 heavy (non-hydrogen) atoms. The second-order valence-electron chi connectivity index (χ2n) is 2.73. The van der Waals surface area contributed by atoms with E-state index in [4.69, 9.17) is 0 Å². The summed E-state index contributed by atoms with van der Waals surface area (Å²) in [7, 11) is 1.85.